The Bertz CT molecular complexity index is 2560. The van der Waals surface area contributed by atoms with Crippen LogP contribution in [-0.2, 0) is 0 Å². The number of benzene rings is 3. The zero-order chi connectivity index (χ0) is 32.7. The second-order valence-corrected chi connectivity index (χ2v) is 9.03. The van der Waals surface area contributed by atoms with E-state index in [0.717, 1.165) is 6.07 Å². The Labute approximate surface area is 253 Å². The molecule has 2 aliphatic rings. The van der Waals surface area contributed by atoms with E-state index in [1.165, 1.54) is 12.1 Å². The topological polar surface area (TPSA) is 188 Å². The lowest BCUT2D eigenvalue weighted by Gasteiger charge is -2.11. The fourth-order valence-corrected chi connectivity index (χ4v) is 4.42. The predicted molar refractivity (Wildman–Crippen MR) is 143 cm³/mol. The second kappa shape index (κ2) is 11.0. The van der Waals surface area contributed by atoms with E-state index in [0.29, 0.717) is 10.7 Å². The SMILES string of the molecule is [C-]#[N+]/C(C#N)=C1\N=c2ccc(-c3nc(C(C#N)=C4N=c5ccccc5=N4)nc(-c4c(F)c(F)c(C#N)c(F)c4F)n3)c(C#N)c2=N1. The zero-order valence-electron chi connectivity index (χ0n) is 22.3. The second-order valence-electron chi connectivity index (χ2n) is 9.03. The van der Waals surface area contributed by atoms with Crippen molar-refractivity contribution in [2.75, 3.05) is 0 Å². The molecule has 0 amide bonds. The van der Waals surface area contributed by atoms with Gasteiger partial charge >= 0.3 is 5.70 Å². The average Bonchev–Trinajstić information content (AvgIpc) is 3.69. The van der Waals surface area contributed by atoms with Crippen molar-refractivity contribution in [3.8, 4) is 47.1 Å². The third kappa shape index (κ3) is 4.38. The number of halogens is 4. The molecule has 6 rings (SSSR count). The minimum atomic E-state index is -2.02. The normalized spacial score (nSPS) is 13.2. The highest BCUT2D eigenvalue weighted by Gasteiger charge is 2.30. The van der Waals surface area contributed by atoms with Crippen LogP contribution in [0.5, 0.6) is 0 Å². The summed E-state index contributed by atoms with van der Waals surface area (Å²) in [5.74, 6) is -10.6. The van der Waals surface area contributed by atoms with E-state index in [-0.39, 0.29) is 33.5 Å². The Morgan fingerprint density at radius 3 is 1.83 bits per heavy atom. The molecule has 0 aliphatic carbocycles. The van der Waals surface area contributed by atoms with Crippen molar-refractivity contribution >= 4 is 5.57 Å². The maximum Gasteiger partial charge on any atom is 0.305 e. The van der Waals surface area contributed by atoms with Gasteiger partial charge in [0.1, 0.15) is 34.7 Å². The van der Waals surface area contributed by atoms with Crippen molar-refractivity contribution < 1.29 is 17.6 Å². The standard InChI is InChI=1S/C30H6F4N12/c1-39-19(11-38)29-42-18-7-6-12(13(8-35)25(18)43-29)26-44-28(15(10-37)27-40-16-4-2-3-5-17(16)41-27)46-30(45-26)20-23(33)21(31)14(9-36)22(32)24(20)34/h2-7H/b29-19+. The van der Waals surface area contributed by atoms with Crippen LogP contribution in [0.1, 0.15) is 17.0 Å². The van der Waals surface area contributed by atoms with Crippen molar-refractivity contribution in [3.05, 3.63) is 127 Å². The molecule has 2 aliphatic heterocycles. The minimum absolute atomic E-state index is 0.0932. The molecule has 16 heteroatoms. The van der Waals surface area contributed by atoms with Gasteiger partial charge in [-0.15, -0.1) is 0 Å². The highest BCUT2D eigenvalue weighted by Crippen LogP contribution is 2.32. The van der Waals surface area contributed by atoms with Crippen molar-refractivity contribution in [2.24, 2.45) is 20.0 Å². The molecule has 4 aromatic rings. The van der Waals surface area contributed by atoms with Crippen molar-refractivity contribution in [2.45, 2.75) is 0 Å². The highest BCUT2D eigenvalue weighted by molar-refractivity contribution is 5.78. The molecule has 0 atom stereocenters. The molecule has 12 nitrogen and oxygen atoms in total. The minimum Gasteiger partial charge on any atom is -0.238 e. The third-order valence-corrected chi connectivity index (χ3v) is 6.51. The molecule has 0 saturated carbocycles. The van der Waals surface area contributed by atoms with Gasteiger partial charge in [-0.05, 0) is 24.3 Å². The first-order valence-corrected chi connectivity index (χ1v) is 12.5. The third-order valence-electron chi connectivity index (χ3n) is 6.51. The van der Waals surface area contributed by atoms with Gasteiger partial charge in [0.05, 0.1) is 39.8 Å². The van der Waals surface area contributed by atoms with E-state index in [4.69, 9.17) is 11.8 Å². The monoisotopic (exact) mass is 610 g/mol. The van der Waals surface area contributed by atoms with E-state index in [1.807, 2.05) is 12.1 Å². The van der Waals surface area contributed by atoms with Gasteiger partial charge in [0, 0.05) is 5.56 Å². The van der Waals surface area contributed by atoms with E-state index >= 15 is 8.78 Å². The van der Waals surface area contributed by atoms with E-state index in [9.17, 15) is 24.6 Å². The molecule has 214 valence electrons. The quantitative estimate of drug-likeness (QED) is 0.147. The van der Waals surface area contributed by atoms with Gasteiger partial charge in [0.25, 0.3) is 0 Å². The average molecular weight is 610 g/mol. The Morgan fingerprint density at radius 1 is 0.652 bits per heavy atom. The summed E-state index contributed by atoms with van der Waals surface area (Å²) in [5, 5.41) is 39.2. The van der Waals surface area contributed by atoms with Crippen molar-refractivity contribution in [1.82, 2.24) is 15.0 Å². The molecule has 0 bridgehead atoms. The van der Waals surface area contributed by atoms with Gasteiger partial charge in [-0.2, -0.15) is 15.8 Å². The molecule has 0 fully saturated rings. The van der Waals surface area contributed by atoms with Crippen molar-refractivity contribution in [3.63, 3.8) is 0 Å². The summed E-state index contributed by atoms with van der Waals surface area (Å²) < 4.78 is 59.8. The van der Waals surface area contributed by atoms with Crippen LogP contribution >= 0.6 is 0 Å². The van der Waals surface area contributed by atoms with Crippen LogP contribution in [0.25, 0.3) is 33.2 Å². The number of nitrogens with zero attached hydrogens (tertiary/aromatic N) is 12. The molecule has 3 heterocycles. The first-order chi connectivity index (χ1) is 22.2. The number of hydrogen-bond acceptors (Lipinski definition) is 11. The Balaban J connectivity index is 1.70. The Kier molecular flexibility index (Phi) is 6.83. The van der Waals surface area contributed by atoms with Gasteiger partial charge in [-0.25, -0.2) is 62.6 Å². The number of fused-ring (bicyclic) bond motifs is 2. The lowest BCUT2D eigenvalue weighted by Crippen LogP contribution is -2.26. The molecule has 1 aromatic heterocycles. The molecule has 0 saturated heterocycles. The van der Waals surface area contributed by atoms with Crippen LogP contribution in [0.2, 0.25) is 0 Å². The smallest absolute Gasteiger partial charge is 0.238 e. The first kappa shape index (κ1) is 28.6. The van der Waals surface area contributed by atoms with Gasteiger partial charge < -0.3 is 0 Å². The van der Waals surface area contributed by atoms with Crippen LogP contribution in [0, 0.1) is 75.2 Å². The van der Waals surface area contributed by atoms with E-state index in [2.05, 4.69) is 39.8 Å². The summed E-state index contributed by atoms with van der Waals surface area (Å²) in [6.07, 6.45) is 0. The summed E-state index contributed by atoms with van der Waals surface area (Å²) in [5.41, 5.74) is -4.27. The fraction of sp³-hybridized carbons (Fsp3) is 0. The predicted octanol–water partition coefficient (Wildman–Crippen LogP) is 2.52. The lowest BCUT2D eigenvalue weighted by molar-refractivity contribution is 0.453. The van der Waals surface area contributed by atoms with Crippen LogP contribution in [0.3, 0.4) is 0 Å². The van der Waals surface area contributed by atoms with Crippen LogP contribution in [-0.4, -0.2) is 15.0 Å². The van der Waals surface area contributed by atoms with Crippen LogP contribution < -0.4 is 21.4 Å². The summed E-state index contributed by atoms with van der Waals surface area (Å²) in [7, 11) is 0. The Hall–Kier alpha value is -7.48. The summed E-state index contributed by atoms with van der Waals surface area (Å²) in [6.45, 7) is 7.15. The van der Waals surface area contributed by atoms with Crippen LogP contribution in [0.15, 0.2) is 73.7 Å². The summed E-state index contributed by atoms with van der Waals surface area (Å²) in [4.78, 5) is 31.9. The molecule has 0 spiro atoms. The number of rotatable bonds is 3. The Morgan fingerprint density at radius 2 is 1.26 bits per heavy atom. The van der Waals surface area contributed by atoms with E-state index in [1.54, 1.807) is 30.3 Å². The first-order valence-electron chi connectivity index (χ1n) is 12.5. The number of hydrogen-bond donors (Lipinski definition) is 0. The summed E-state index contributed by atoms with van der Waals surface area (Å²) >= 11 is 0. The number of allylic oxidation sites excluding steroid dienone is 2. The maximum atomic E-state index is 15.2. The largest absolute Gasteiger partial charge is 0.305 e. The molecular formula is C30H6F4N12. The van der Waals surface area contributed by atoms with Crippen molar-refractivity contribution in [1.29, 1.82) is 21.0 Å². The molecule has 3 aromatic carbocycles. The number of nitriles is 4. The van der Waals surface area contributed by atoms with Gasteiger partial charge in [-0.3, -0.25) is 0 Å². The number of para-hydroxylation sites is 2. The fourth-order valence-electron chi connectivity index (χ4n) is 4.42. The number of aromatic nitrogens is 3. The van der Waals surface area contributed by atoms with E-state index < -0.39 is 63.1 Å². The van der Waals surface area contributed by atoms with Gasteiger partial charge in [0.15, 0.2) is 52.4 Å². The molecular weight excluding hydrogens is 604 g/mol. The molecule has 0 N–H and O–H groups in total. The van der Waals surface area contributed by atoms with Gasteiger partial charge in [0.2, 0.25) is 0 Å². The molecule has 0 unspecified atom stereocenters. The lowest BCUT2D eigenvalue weighted by atomic mass is 10.1. The summed E-state index contributed by atoms with van der Waals surface area (Å²) in [6, 6.07) is 15.5. The van der Waals surface area contributed by atoms with Crippen LogP contribution in [0.4, 0.5) is 17.6 Å². The highest BCUT2D eigenvalue weighted by atomic mass is 19.2. The zero-order valence-corrected chi connectivity index (χ0v) is 22.3. The molecule has 46 heavy (non-hydrogen) atoms. The maximum absolute atomic E-state index is 15.2. The molecule has 0 radical (unpaired) electrons. The van der Waals surface area contributed by atoms with Gasteiger partial charge in [-0.1, -0.05) is 12.1 Å².